The van der Waals surface area contributed by atoms with Crippen molar-refractivity contribution in [2.24, 2.45) is 5.73 Å². The number of pyridine rings is 1. The van der Waals surface area contributed by atoms with Crippen LogP contribution in [0.4, 0.5) is 5.82 Å². The van der Waals surface area contributed by atoms with Gasteiger partial charge in [0.05, 0.1) is 12.6 Å². The number of aryl methyl sites for hydroxylation is 1. The van der Waals surface area contributed by atoms with Gasteiger partial charge >= 0.3 is 0 Å². The van der Waals surface area contributed by atoms with Crippen molar-refractivity contribution in [1.82, 2.24) is 4.98 Å². The molecule has 1 atom stereocenters. The lowest BCUT2D eigenvalue weighted by atomic mass is 10.1. The smallest absolute Gasteiger partial charge is 0.131 e. The highest BCUT2D eigenvalue weighted by molar-refractivity contribution is 5.48. The summed E-state index contributed by atoms with van der Waals surface area (Å²) in [7, 11) is 1.73. The lowest BCUT2D eigenvalue weighted by molar-refractivity contribution is 0.181. The number of hydrogen-bond donors (Lipinski definition) is 1. The molecule has 0 aromatic carbocycles. The first kappa shape index (κ1) is 14.9. The molecule has 0 radical (unpaired) electrons. The number of ether oxygens (including phenoxy) is 1. The summed E-state index contributed by atoms with van der Waals surface area (Å²) in [6, 6.07) is 2.50. The summed E-state index contributed by atoms with van der Waals surface area (Å²) in [5.41, 5.74) is 7.97. The molecule has 0 saturated heterocycles. The van der Waals surface area contributed by atoms with E-state index in [0.29, 0.717) is 19.2 Å². The van der Waals surface area contributed by atoms with Crippen LogP contribution in [0, 0.1) is 6.92 Å². The van der Waals surface area contributed by atoms with Crippen LogP contribution in [-0.2, 0) is 11.2 Å². The van der Waals surface area contributed by atoms with Gasteiger partial charge in [-0.1, -0.05) is 6.07 Å². The Kier molecular flexibility index (Phi) is 6.09. The number of nitrogens with two attached hydrogens (primary N) is 1. The molecule has 1 aromatic rings. The Balaban J connectivity index is 2.92. The molecule has 0 aliphatic carbocycles. The Labute approximate surface area is 110 Å². The number of methoxy groups -OCH3 is 1. The number of hydrogen-bond acceptors (Lipinski definition) is 4. The van der Waals surface area contributed by atoms with Crippen LogP contribution in [0.1, 0.15) is 25.0 Å². The van der Waals surface area contributed by atoms with Crippen molar-refractivity contribution in [3.8, 4) is 0 Å². The molecule has 2 N–H and O–H groups in total. The Morgan fingerprint density at radius 3 is 2.72 bits per heavy atom. The molecule has 0 saturated carbocycles. The van der Waals surface area contributed by atoms with Gasteiger partial charge in [-0.3, -0.25) is 0 Å². The van der Waals surface area contributed by atoms with Gasteiger partial charge in [0.25, 0.3) is 0 Å². The number of nitrogens with zero attached hydrogens (tertiary/aromatic N) is 2. The fourth-order valence-electron chi connectivity index (χ4n) is 2.23. The van der Waals surface area contributed by atoms with Crippen LogP contribution in [0.15, 0.2) is 12.3 Å². The average Bonchev–Trinajstić information content (AvgIpc) is 2.33. The van der Waals surface area contributed by atoms with E-state index in [2.05, 4.69) is 36.7 Å². The number of aromatic nitrogens is 1. The quantitative estimate of drug-likeness (QED) is 0.802. The van der Waals surface area contributed by atoms with E-state index < -0.39 is 0 Å². The molecule has 1 unspecified atom stereocenters. The zero-order valence-corrected chi connectivity index (χ0v) is 11.9. The van der Waals surface area contributed by atoms with Crippen molar-refractivity contribution in [3.63, 3.8) is 0 Å². The fourth-order valence-corrected chi connectivity index (χ4v) is 2.23. The van der Waals surface area contributed by atoms with E-state index in [1.165, 1.54) is 11.1 Å². The zero-order chi connectivity index (χ0) is 13.5. The molecule has 0 aliphatic heterocycles. The third-order valence-corrected chi connectivity index (χ3v) is 3.09. The van der Waals surface area contributed by atoms with Gasteiger partial charge in [0.2, 0.25) is 0 Å². The molecule has 1 heterocycles. The highest BCUT2D eigenvalue weighted by Gasteiger charge is 2.16. The van der Waals surface area contributed by atoms with Gasteiger partial charge in [0.15, 0.2) is 0 Å². The molecule has 4 nitrogen and oxygen atoms in total. The minimum Gasteiger partial charge on any atom is -0.383 e. The van der Waals surface area contributed by atoms with Crippen LogP contribution in [0.5, 0.6) is 0 Å². The van der Waals surface area contributed by atoms with Gasteiger partial charge in [-0.25, -0.2) is 4.98 Å². The summed E-state index contributed by atoms with van der Waals surface area (Å²) in [5.74, 6) is 1.04. The van der Waals surface area contributed by atoms with Crippen molar-refractivity contribution in [3.05, 3.63) is 23.4 Å². The fraction of sp³-hybridized carbons (Fsp3) is 0.643. The van der Waals surface area contributed by atoms with Crippen molar-refractivity contribution in [1.29, 1.82) is 0 Å². The van der Waals surface area contributed by atoms with E-state index in [4.69, 9.17) is 10.5 Å². The first-order valence-electron chi connectivity index (χ1n) is 6.55. The maximum Gasteiger partial charge on any atom is 0.131 e. The topological polar surface area (TPSA) is 51.4 Å². The Morgan fingerprint density at radius 2 is 2.22 bits per heavy atom. The van der Waals surface area contributed by atoms with E-state index in [1.807, 2.05) is 6.20 Å². The minimum atomic E-state index is 0.326. The second-order valence-electron chi connectivity index (χ2n) is 4.61. The van der Waals surface area contributed by atoms with Crippen LogP contribution >= 0.6 is 0 Å². The molecule has 0 fully saturated rings. The van der Waals surface area contributed by atoms with Gasteiger partial charge in [-0.15, -0.1) is 0 Å². The Morgan fingerprint density at radius 1 is 1.50 bits per heavy atom. The van der Waals surface area contributed by atoms with Gasteiger partial charge in [0.1, 0.15) is 5.82 Å². The van der Waals surface area contributed by atoms with Gasteiger partial charge in [-0.2, -0.15) is 0 Å². The van der Waals surface area contributed by atoms with E-state index in [1.54, 1.807) is 7.11 Å². The number of likely N-dealkylation sites (N-methyl/N-ethyl adjacent to an activating group) is 1. The molecular weight excluding hydrogens is 226 g/mol. The minimum absolute atomic E-state index is 0.326. The molecule has 18 heavy (non-hydrogen) atoms. The summed E-state index contributed by atoms with van der Waals surface area (Å²) in [4.78, 5) is 6.86. The molecule has 102 valence electrons. The van der Waals surface area contributed by atoms with Crippen molar-refractivity contribution in [2.75, 3.05) is 31.7 Å². The maximum atomic E-state index is 5.57. The summed E-state index contributed by atoms with van der Waals surface area (Å²) in [6.45, 7) is 8.69. The monoisotopic (exact) mass is 251 g/mol. The molecule has 4 heteroatoms. The van der Waals surface area contributed by atoms with Crippen LogP contribution in [0.2, 0.25) is 0 Å². The third kappa shape index (κ3) is 3.68. The predicted molar refractivity (Wildman–Crippen MR) is 76.1 cm³/mol. The summed E-state index contributed by atoms with van der Waals surface area (Å²) in [6.07, 6.45) is 2.81. The van der Waals surface area contributed by atoms with Gasteiger partial charge < -0.3 is 15.4 Å². The first-order valence-corrected chi connectivity index (χ1v) is 6.55. The first-order chi connectivity index (χ1) is 8.63. The second-order valence-corrected chi connectivity index (χ2v) is 4.61. The van der Waals surface area contributed by atoms with Crippen LogP contribution < -0.4 is 10.6 Å². The van der Waals surface area contributed by atoms with E-state index >= 15 is 0 Å². The summed E-state index contributed by atoms with van der Waals surface area (Å²) in [5, 5.41) is 0. The Hall–Kier alpha value is -1.13. The third-order valence-electron chi connectivity index (χ3n) is 3.09. The highest BCUT2D eigenvalue weighted by atomic mass is 16.5. The van der Waals surface area contributed by atoms with E-state index in [0.717, 1.165) is 18.8 Å². The van der Waals surface area contributed by atoms with Crippen LogP contribution in [-0.4, -0.2) is 37.8 Å². The molecule has 0 bridgehead atoms. The molecular formula is C14H25N3O. The standard InChI is InChI=1S/C14H25N3O/c1-5-17(12(3)10-18-4)14-11(2)8-13(6-7-15)9-16-14/h8-9,12H,5-7,10,15H2,1-4H3. The SMILES string of the molecule is CCN(c1ncc(CCN)cc1C)C(C)COC. The normalized spacial score (nSPS) is 12.5. The van der Waals surface area contributed by atoms with Gasteiger partial charge in [-0.05, 0) is 44.9 Å². The molecule has 1 rings (SSSR count). The summed E-state index contributed by atoms with van der Waals surface area (Å²) >= 11 is 0. The van der Waals surface area contributed by atoms with Crippen molar-refractivity contribution >= 4 is 5.82 Å². The molecule has 0 spiro atoms. The van der Waals surface area contributed by atoms with E-state index in [-0.39, 0.29) is 0 Å². The zero-order valence-electron chi connectivity index (χ0n) is 11.9. The average molecular weight is 251 g/mol. The second kappa shape index (κ2) is 7.34. The molecule has 0 amide bonds. The van der Waals surface area contributed by atoms with E-state index in [9.17, 15) is 0 Å². The van der Waals surface area contributed by atoms with Gasteiger partial charge in [0, 0.05) is 19.9 Å². The van der Waals surface area contributed by atoms with Crippen LogP contribution in [0.3, 0.4) is 0 Å². The largest absolute Gasteiger partial charge is 0.383 e. The molecule has 0 aliphatic rings. The van der Waals surface area contributed by atoms with Crippen molar-refractivity contribution < 1.29 is 4.74 Å². The number of rotatable bonds is 7. The lowest BCUT2D eigenvalue weighted by Gasteiger charge is -2.30. The lowest BCUT2D eigenvalue weighted by Crippen LogP contribution is -2.37. The number of anilines is 1. The predicted octanol–water partition coefficient (Wildman–Crippen LogP) is 1.75. The van der Waals surface area contributed by atoms with Crippen LogP contribution in [0.25, 0.3) is 0 Å². The van der Waals surface area contributed by atoms with Crippen molar-refractivity contribution in [2.45, 2.75) is 33.2 Å². The highest BCUT2D eigenvalue weighted by Crippen LogP contribution is 2.20. The molecule has 1 aromatic heterocycles. The summed E-state index contributed by atoms with van der Waals surface area (Å²) < 4.78 is 5.22. The Bertz CT molecular complexity index is 368. The maximum absolute atomic E-state index is 5.57.